The lowest BCUT2D eigenvalue weighted by molar-refractivity contribution is -0.134. The highest BCUT2D eigenvalue weighted by molar-refractivity contribution is 5.91. The topological polar surface area (TPSA) is 115 Å². The molecule has 0 saturated heterocycles. The second-order valence-electron chi connectivity index (χ2n) is 2.53. The number of rotatable bonds is 1. The second kappa shape index (κ2) is 5.48. The normalized spacial score (nSPS) is 8.60. The van der Waals surface area contributed by atoms with E-state index in [4.69, 9.17) is 25.2 Å². The van der Waals surface area contributed by atoms with Gasteiger partial charge in [-0.05, 0) is 18.2 Å². The zero-order chi connectivity index (χ0) is 12.0. The molecule has 0 aliphatic heterocycles. The van der Waals surface area contributed by atoms with Crippen LogP contribution in [0.4, 0.5) is 0 Å². The van der Waals surface area contributed by atoms with Gasteiger partial charge in [-0.25, -0.2) is 4.79 Å². The summed E-state index contributed by atoms with van der Waals surface area (Å²) in [5, 5.41) is 33.6. The highest BCUT2D eigenvalue weighted by atomic mass is 16.4. The molecule has 1 rings (SSSR count). The van der Waals surface area contributed by atoms with E-state index in [1.54, 1.807) is 0 Å². The summed E-state index contributed by atoms with van der Waals surface area (Å²) in [6.07, 6.45) is 0. The van der Waals surface area contributed by atoms with Gasteiger partial charge in [0.1, 0.15) is 17.1 Å². The standard InChI is InChI=1S/C7H6O4.C2H4O2/c8-4-1-2-6(9)5(3-4)7(10)11;1-2(3)4/h1-3,8-9H,(H,10,11);1H3,(H,3,4). The third-order valence-corrected chi connectivity index (χ3v) is 1.21. The number of carbonyl (C=O) groups is 2. The van der Waals surface area contributed by atoms with E-state index >= 15 is 0 Å². The quantitative estimate of drug-likeness (QED) is 0.516. The van der Waals surface area contributed by atoms with Crippen LogP contribution in [0.2, 0.25) is 0 Å². The number of hydrogen-bond donors (Lipinski definition) is 4. The lowest BCUT2D eigenvalue weighted by Crippen LogP contribution is -1.95. The van der Waals surface area contributed by atoms with Gasteiger partial charge in [0.05, 0.1) is 0 Å². The second-order valence-corrected chi connectivity index (χ2v) is 2.53. The number of phenols is 2. The lowest BCUT2D eigenvalue weighted by atomic mass is 10.2. The van der Waals surface area contributed by atoms with E-state index in [2.05, 4.69) is 0 Å². The van der Waals surface area contributed by atoms with Crippen LogP contribution in [0, 0.1) is 0 Å². The van der Waals surface area contributed by atoms with Crippen molar-refractivity contribution in [3.05, 3.63) is 23.8 Å². The van der Waals surface area contributed by atoms with Gasteiger partial charge in [0, 0.05) is 6.92 Å². The summed E-state index contributed by atoms with van der Waals surface area (Å²) in [6.45, 7) is 1.08. The number of aliphatic carboxylic acids is 1. The SMILES string of the molecule is CC(=O)O.O=C(O)c1cc(O)ccc1O. The van der Waals surface area contributed by atoms with Crippen molar-refractivity contribution in [3.63, 3.8) is 0 Å². The van der Waals surface area contributed by atoms with E-state index in [1.165, 1.54) is 6.07 Å². The van der Waals surface area contributed by atoms with Gasteiger partial charge in [0.2, 0.25) is 0 Å². The van der Waals surface area contributed by atoms with Crippen LogP contribution in [0.3, 0.4) is 0 Å². The average Bonchev–Trinajstić information content (AvgIpc) is 2.08. The molecule has 15 heavy (non-hydrogen) atoms. The third kappa shape index (κ3) is 5.14. The minimum Gasteiger partial charge on any atom is -0.508 e. The minimum atomic E-state index is -1.27. The van der Waals surface area contributed by atoms with Crippen molar-refractivity contribution in [2.24, 2.45) is 0 Å². The molecule has 0 aliphatic rings. The number of phenolic OH excluding ortho intramolecular Hbond substituents is 1. The van der Waals surface area contributed by atoms with Crippen molar-refractivity contribution in [1.29, 1.82) is 0 Å². The zero-order valence-electron chi connectivity index (χ0n) is 7.84. The highest BCUT2D eigenvalue weighted by Gasteiger charge is 2.08. The van der Waals surface area contributed by atoms with Crippen LogP contribution in [0.5, 0.6) is 11.5 Å². The van der Waals surface area contributed by atoms with E-state index < -0.39 is 11.9 Å². The summed E-state index contributed by atoms with van der Waals surface area (Å²) in [7, 11) is 0. The summed E-state index contributed by atoms with van der Waals surface area (Å²) in [6, 6.07) is 3.32. The number of benzene rings is 1. The van der Waals surface area contributed by atoms with Crippen molar-refractivity contribution in [3.8, 4) is 11.5 Å². The van der Waals surface area contributed by atoms with Gasteiger partial charge in [0.25, 0.3) is 5.97 Å². The Morgan fingerprint density at radius 3 is 1.93 bits per heavy atom. The van der Waals surface area contributed by atoms with E-state index in [0.29, 0.717) is 0 Å². The van der Waals surface area contributed by atoms with Gasteiger partial charge in [-0.2, -0.15) is 0 Å². The fraction of sp³-hybridized carbons (Fsp3) is 0.111. The molecule has 0 amide bonds. The van der Waals surface area contributed by atoms with Crippen molar-refractivity contribution >= 4 is 11.9 Å². The molecule has 0 spiro atoms. The van der Waals surface area contributed by atoms with E-state index in [9.17, 15) is 4.79 Å². The zero-order valence-corrected chi connectivity index (χ0v) is 7.84. The summed E-state index contributed by atoms with van der Waals surface area (Å²) < 4.78 is 0. The summed E-state index contributed by atoms with van der Waals surface area (Å²) in [4.78, 5) is 19.3. The van der Waals surface area contributed by atoms with Crippen molar-refractivity contribution in [1.82, 2.24) is 0 Å². The molecule has 1 aromatic carbocycles. The number of carboxylic acid groups (broad SMARTS) is 2. The Balaban J connectivity index is 0.000000423. The maximum absolute atomic E-state index is 10.3. The van der Waals surface area contributed by atoms with Crippen LogP contribution >= 0.6 is 0 Å². The van der Waals surface area contributed by atoms with Crippen LogP contribution < -0.4 is 0 Å². The Morgan fingerprint density at radius 2 is 1.60 bits per heavy atom. The Morgan fingerprint density at radius 1 is 1.13 bits per heavy atom. The molecular formula is C9H10O6. The molecular weight excluding hydrogens is 204 g/mol. The maximum atomic E-state index is 10.3. The maximum Gasteiger partial charge on any atom is 0.339 e. The number of aromatic hydroxyl groups is 2. The average molecular weight is 214 g/mol. The fourth-order valence-electron chi connectivity index (χ4n) is 0.695. The van der Waals surface area contributed by atoms with E-state index in [-0.39, 0.29) is 17.1 Å². The van der Waals surface area contributed by atoms with Crippen LogP contribution in [0.25, 0.3) is 0 Å². The molecule has 0 fully saturated rings. The molecule has 0 atom stereocenters. The van der Waals surface area contributed by atoms with Crippen LogP contribution in [0.15, 0.2) is 18.2 Å². The van der Waals surface area contributed by atoms with E-state index in [0.717, 1.165) is 19.1 Å². The predicted molar refractivity (Wildman–Crippen MR) is 50.0 cm³/mol. The molecule has 6 nitrogen and oxygen atoms in total. The molecule has 82 valence electrons. The number of carboxylic acids is 2. The van der Waals surface area contributed by atoms with Crippen LogP contribution in [0.1, 0.15) is 17.3 Å². The Hall–Kier alpha value is -2.24. The van der Waals surface area contributed by atoms with Crippen LogP contribution in [-0.4, -0.2) is 32.4 Å². The van der Waals surface area contributed by atoms with Gasteiger partial charge in [0.15, 0.2) is 0 Å². The number of hydrogen-bond acceptors (Lipinski definition) is 4. The van der Waals surface area contributed by atoms with Crippen molar-refractivity contribution < 1.29 is 30.0 Å². The summed E-state index contributed by atoms with van der Waals surface area (Å²) in [5.74, 6) is -2.63. The van der Waals surface area contributed by atoms with Crippen molar-refractivity contribution in [2.45, 2.75) is 6.92 Å². The Kier molecular flexibility index (Phi) is 4.66. The molecule has 6 heteroatoms. The molecule has 0 radical (unpaired) electrons. The first-order chi connectivity index (χ1) is 6.84. The highest BCUT2D eigenvalue weighted by Crippen LogP contribution is 2.21. The lowest BCUT2D eigenvalue weighted by Gasteiger charge is -1.98. The van der Waals surface area contributed by atoms with Crippen LogP contribution in [-0.2, 0) is 4.79 Å². The molecule has 0 heterocycles. The van der Waals surface area contributed by atoms with Gasteiger partial charge >= 0.3 is 5.97 Å². The molecule has 0 saturated carbocycles. The first kappa shape index (κ1) is 12.8. The Labute approximate surface area is 85.0 Å². The fourth-order valence-corrected chi connectivity index (χ4v) is 0.695. The first-order valence-corrected chi connectivity index (χ1v) is 3.79. The number of aromatic carboxylic acids is 1. The largest absolute Gasteiger partial charge is 0.508 e. The van der Waals surface area contributed by atoms with Crippen molar-refractivity contribution in [2.75, 3.05) is 0 Å². The summed E-state index contributed by atoms with van der Waals surface area (Å²) >= 11 is 0. The molecule has 1 aromatic rings. The Bertz CT molecular complexity index is 367. The molecule has 0 aromatic heterocycles. The molecule has 0 unspecified atom stereocenters. The predicted octanol–water partition coefficient (Wildman–Crippen LogP) is 0.887. The van der Waals surface area contributed by atoms with Gasteiger partial charge in [-0.3, -0.25) is 4.79 Å². The van der Waals surface area contributed by atoms with E-state index in [1.807, 2.05) is 0 Å². The monoisotopic (exact) mass is 214 g/mol. The minimum absolute atomic E-state index is 0.180. The molecule has 0 aliphatic carbocycles. The van der Waals surface area contributed by atoms with Gasteiger partial charge in [-0.15, -0.1) is 0 Å². The summed E-state index contributed by atoms with van der Waals surface area (Å²) in [5.41, 5.74) is -0.301. The molecule has 0 bridgehead atoms. The molecule has 4 N–H and O–H groups in total. The first-order valence-electron chi connectivity index (χ1n) is 3.79. The smallest absolute Gasteiger partial charge is 0.339 e. The van der Waals surface area contributed by atoms with Gasteiger partial charge < -0.3 is 20.4 Å². The van der Waals surface area contributed by atoms with Gasteiger partial charge in [-0.1, -0.05) is 0 Å². The third-order valence-electron chi connectivity index (χ3n) is 1.21.